The van der Waals surface area contributed by atoms with Crippen LogP contribution in [0.5, 0.6) is 5.75 Å². The molecule has 0 spiro atoms. The standard InChI is InChI=1S/C21H18N4O2/c1-25-20(17(13-22)14-23-25)24-21(26)19(16-6-4-3-5-7-16)12-15-8-10-18(27-2)11-9-15/h3-12,14H,1-2H3,(H,24,26)/b19-12+. The van der Waals surface area contributed by atoms with E-state index in [-0.39, 0.29) is 5.91 Å². The molecule has 1 amide bonds. The molecule has 2 aromatic carbocycles. The number of aryl methyl sites for hydroxylation is 1. The fraction of sp³-hybridized carbons (Fsp3) is 0.0952. The molecule has 0 aliphatic rings. The molecule has 1 heterocycles. The average molecular weight is 358 g/mol. The SMILES string of the molecule is COc1ccc(/C=C(/C(=O)Nc2c(C#N)cnn2C)c2ccccc2)cc1. The molecule has 27 heavy (non-hydrogen) atoms. The highest BCUT2D eigenvalue weighted by molar-refractivity contribution is 6.29. The molecule has 0 aliphatic heterocycles. The minimum Gasteiger partial charge on any atom is -0.497 e. The summed E-state index contributed by atoms with van der Waals surface area (Å²) in [4.78, 5) is 13.0. The number of nitrogens with zero attached hydrogens (tertiary/aromatic N) is 3. The number of amides is 1. The third kappa shape index (κ3) is 4.05. The lowest BCUT2D eigenvalue weighted by atomic mass is 10.0. The highest BCUT2D eigenvalue weighted by atomic mass is 16.5. The van der Waals surface area contributed by atoms with Gasteiger partial charge in [0.2, 0.25) is 0 Å². The number of carbonyl (C=O) groups is 1. The summed E-state index contributed by atoms with van der Waals surface area (Å²) in [5.74, 6) is 0.780. The summed E-state index contributed by atoms with van der Waals surface area (Å²) < 4.78 is 6.64. The monoisotopic (exact) mass is 358 g/mol. The van der Waals surface area contributed by atoms with Crippen molar-refractivity contribution in [3.8, 4) is 11.8 Å². The number of aromatic nitrogens is 2. The zero-order valence-electron chi connectivity index (χ0n) is 15.0. The molecule has 0 radical (unpaired) electrons. The maximum atomic E-state index is 13.0. The predicted octanol–water partition coefficient (Wildman–Crippen LogP) is 3.48. The normalized spacial score (nSPS) is 10.9. The van der Waals surface area contributed by atoms with Gasteiger partial charge in [-0.15, -0.1) is 0 Å². The largest absolute Gasteiger partial charge is 0.497 e. The third-order valence-corrected chi connectivity index (χ3v) is 4.05. The van der Waals surface area contributed by atoms with Gasteiger partial charge in [-0.05, 0) is 29.3 Å². The first kappa shape index (κ1) is 18.0. The molecule has 3 rings (SSSR count). The molecule has 0 saturated carbocycles. The molecule has 6 nitrogen and oxygen atoms in total. The molecule has 134 valence electrons. The fourth-order valence-electron chi connectivity index (χ4n) is 2.61. The first-order valence-corrected chi connectivity index (χ1v) is 8.27. The van der Waals surface area contributed by atoms with E-state index in [0.29, 0.717) is 17.0 Å². The molecule has 1 N–H and O–H groups in total. The first-order valence-electron chi connectivity index (χ1n) is 8.27. The van der Waals surface area contributed by atoms with Crippen molar-refractivity contribution in [1.82, 2.24) is 9.78 Å². The lowest BCUT2D eigenvalue weighted by Crippen LogP contribution is -2.16. The van der Waals surface area contributed by atoms with Crippen molar-refractivity contribution in [3.05, 3.63) is 77.5 Å². The Hall–Kier alpha value is -3.85. The number of carbonyl (C=O) groups excluding carboxylic acids is 1. The van der Waals surface area contributed by atoms with Gasteiger partial charge < -0.3 is 10.1 Å². The van der Waals surface area contributed by atoms with Crippen LogP contribution in [0.4, 0.5) is 5.82 Å². The van der Waals surface area contributed by atoms with Gasteiger partial charge in [0, 0.05) is 12.6 Å². The van der Waals surface area contributed by atoms with Crippen molar-refractivity contribution in [2.75, 3.05) is 12.4 Å². The highest BCUT2D eigenvalue weighted by Gasteiger charge is 2.17. The van der Waals surface area contributed by atoms with Crippen LogP contribution in [0.25, 0.3) is 11.6 Å². The lowest BCUT2D eigenvalue weighted by Gasteiger charge is -2.10. The number of nitrogens with one attached hydrogen (secondary N) is 1. The van der Waals surface area contributed by atoms with Crippen molar-refractivity contribution in [2.24, 2.45) is 7.05 Å². The van der Waals surface area contributed by atoms with Gasteiger partial charge >= 0.3 is 0 Å². The van der Waals surface area contributed by atoms with Crippen molar-refractivity contribution in [1.29, 1.82) is 5.26 Å². The van der Waals surface area contributed by atoms with E-state index in [2.05, 4.69) is 10.4 Å². The molecule has 0 fully saturated rings. The Labute approximate surface area is 157 Å². The van der Waals surface area contributed by atoms with Gasteiger partial charge in [0.15, 0.2) is 0 Å². The van der Waals surface area contributed by atoms with Gasteiger partial charge in [-0.3, -0.25) is 9.48 Å². The van der Waals surface area contributed by atoms with Crippen LogP contribution >= 0.6 is 0 Å². The zero-order chi connectivity index (χ0) is 19.2. The summed E-state index contributed by atoms with van der Waals surface area (Å²) in [6.45, 7) is 0. The predicted molar refractivity (Wildman–Crippen MR) is 104 cm³/mol. The van der Waals surface area contributed by atoms with Crippen LogP contribution in [0.15, 0.2) is 60.8 Å². The number of ether oxygens (including phenoxy) is 1. The van der Waals surface area contributed by atoms with Gasteiger partial charge in [0.25, 0.3) is 5.91 Å². The van der Waals surface area contributed by atoms with E-state index >= 15 is 0 Å². The van der Waals surface area contributed by atoms with Crippen LogP contribution in [-0.4, -0.2) is 22.8 Å². The van der Waals surface area contributed by atoms with Crippen LogP contribution in [0.2, 0.25) is 0 Å². The number of rotatable bonds is 5. The van der Waals surface area contributed by atoms with Crippen LogP contribution in [0, 0.1) is 11.3 Å². The van der Waals surface area contributed by atoms with E-state index in [0.717, 1.165) is 16.9 Å². The number of methoxy groups -OCH3 is 1. The fourth-order valence-corrected chi connectivity index (χ4v) is 2.61. The molecule has 0 unspecified atom stereocenters. The average Bonchev–Trinajstić information content (AvgIpc) is 3.06. The summed E-state index contributed by atoms with van der Waals surface area (Å²) in [5, 5.41) is 16.0. The van der Waals surface area contributed by atoms with Crippen molar-refractivity contribution in [2.45, 2.75) is 0 Å². The molecular formula is C21H18N4O2. The second-order valence-corrected chi connectivity index (χ2v) is 5.79. The van der Waals surface area contributed by atoms with Crippen LogP contribution in [-0.2, 0) is 11.8 Å². The Bertz CT molecular complexity index is 1010. The highest BCUT2D eigenvalue weighted by Crippen LogP contribution is 2.23. The van der Waals surface area contributed by atoms with Crippen molar-refractivity contribution >= 4 is 23.4 Å². The van der Waals surface area contributed by atoms with E-state index in [1.165, 1.54) is 10.9 Å². The van der Waals surface area contributed by atoms with Gasteiger partial charge in [0.1, 0.15) is 23.2 Å². The smallest absolute Gasteiger partial charge is 0.257 e. The number of anilines is 1. The van der Waals surface area contributed by atoms with E-state index in [1.54, 1.807) is 20.2 Å². The molecule has 0 bridgehead atoms. The van der Waals surface area contributed by atoms with E-state index in [4.69, 9.17) is 4.74 Å². The number of nitriles is 1. The third-order valence-electron chi connectivity index (χ3n) is 4.05. The van der Waals surface area contributed by atoms with Crippen molar-refractivity contribution < 1.29 is 9.53 Å². The number of hydrogen-bond acceptors (Lipinski definition) is 4. The Kier molecular flexibility index (Phi) is 5.33. The molecule has 0 atom stereocenters. The van der Waals surface area contributed by atoms with Crippen LogP contribution in [0.1, 0.15) is 16.7 Å². The first-order chi connectivity index (χ1) is 13.1. The maximum Gasteiger partial charge on any atom is 0.257 e. The minimum absolute atomic E-state index is 0.308. The Morgan fingerprint density at radius 1 is 1.19 bits per heavy atom. The minimum atomic E-state index is -0.322. The van der Waals surface area contributed by atoms with Gasteiger partial charge in [-0.25, -0.2) is 0 Å². The molecule has 0 aliphatic carbocycles. The number of hydrogen-bond donors (Lipinski definition) is 1. The molecule has 0 saturated heterocycles. The summed E-state index contributed by atoms with van der Waals surface area (Å²) in [7, 11) is 3.28. The van der Waals surface area contributed by atoms with Gasteiger partial charge in [0.05, 0.1) is 13.3 Å². The van der Waals surface area contributed by atoms with E-state index < -0.39 is 0 Å². The summed E-state index contributed by atoms with van der Waals surface area (Å²) in [6.07, 6.45) is 3.22. The molecule has 6 heteroatoms. The second kappa shape index (κ2) is 8.02. The van der Waals surface area contributed by atoms with Gasteiger partial charge in [-0.2, -0.15) is 10.4 Å². The maximum absolute atomic E-state index is 13.0. The van der Waals surface area contributed by atoms with Crippen LogP contribution in [0.3, 0.4) is 0 Å². The molecule has 3 aromatic rings. The molecule has 1 aromatic heterocycles. The summed E-state index contributed by atoms with van der Waals surface area (Å²) in [5.41, 5.74) is 2.41. The van der Waals surface area contributed by atoms with E-state index in [1.807, 2.05) is 60.7 Å². The Morgan fingerprint density at radius 2 is 1.89 bits per heavy atom. The van der Waals surface area contributed by atoms with Crippen molar-refractivity contribution in [3.63, 3.8) is 0 Å². The Balaban J connectivity index is 1.99. The molecular weight excluding hydrogens is 340 g/mol. The van der Waals surface area contributed by atoms with E-state index in [9.17, 15) is 10.1 Å². The summed E-state index contributed by atoms with van der Waals surface area (Å²) in [6, 6.07) is 18.8. The zero-order valence-corrected chi connectivity index (χ0v) is 15.0. The lowest BCUT2D eigenvalue weighted by molar-refractivity contribution is -0.111. The quantitative estimate of drug-likeness (QED) is 0.559. The number of benzene rings is 2. The topological polar surface area (TPSA) is 79.9 Å². The second-order valence-electron chi connectivity index (χ2n) is 5.79. The van der Waals surface area contributed by atoms with Gasteiger partial charge in [-0.1, -0.05) is 42.5 Å². The van der Waals surface area contributed by atoms with Crippen LogP contribution < -0.4 is 10.1 Å². The Morgan fingerprint density at radius 3 is 2.52 bits per heavy atom. The summed E-state index contributed by atoms with van der Waals surface area (Å²) >= 11 is 0.